The maximum Gasteiger partial charge on any atom is 0.273 e. The smallest absolute Gasteiger partial charge is 0.273 e. The molecule has 0 saturated carbocycles. The molecule has 1 aliphatic heterocycles. The van der Waals surface area contributed by atoms with Crippen molar-refractivity contribution in [3.8, 4) is 17.0 Å². The van der Waals surface area contributed by atoms with Crippen LogP contribution in [0.3, 0.4) is 0 Å². The van der Waals surface area contributed by atoms with Crippen molar-refractivity contribution < 1.29 is 14.1 Å². The van der Waals surface area contributed by atoms with Crippen molar-refractivity contribution in [3.63, 3.8) is 0 Å². The highest BCUT2D eigenvalue weighted by Gasteiger charge is 2.21. The normalized spacial score (nSPS) is 16.1. The van der Waals surface area contributed by atoms with Crippen molar-refractivity contribution in [2.45, 2.75) is 25.9 Å². The van der Waals surface area contributed by atoms with E-state index in [1.807, 2.05) is 37.3 Å². The number of nitrogens with zero attached hydrogens (tertiary/aromatic N) is 4. The molecule has 2 aromatic carbocycles. The van der Waals surface area contributed by atoms with E-state index in [1.165, 1.54) is 0 Å². The van der Waals surface area contributed by atoms with Crippen LogP contribution in [-0.2, 0) is 4.74 Å². The number of nitrogens with one attached hydrogen (secondary N) is 1. The van der Waals surface area contributed by atoms with E-state index >= 15 is 0 Å². The van der Waals surface area contributed by atoms with Gasteiger partial charge in [0.1, 0.15) is 5.52 Å². The molecular weight excluding hydrogens is 418 g/mol. The fourth-order valence-electron chi connectivity index (χ4n) is 3.75. The Morgan fingerprint density at radius 3 is 2.87 bits per heavy atom. The lowest BCUT2D eigenvalue weighted by Crippen LogP contribution is -2.32. The van der Waals surface area contributed by atoms with Gasteiger partial charge in [0, 0.05) is 23.7 Å². The Bertz CT molecular complexity index is 1240. The first-order valence-electron chi connectivity index (χ1n) is 10.1. The maximum absolute atomic E-state index is 12.6. The molecule has 0 unspecified atom stereocenters. The molecule has 1 aliphatic rings. The van der Waals surface area contributed by atoms with Crippen molar-refractivity contribution in [3.05, 3.63) is 58.9 Å². The number of hydrogen-bond donors (Lipinski definition) is 1. The predicted molar refractivity (Wildman–Crippen MR) is 115 cm³/mol. The second-order valence-electron chi connectivity index (χ2n) is 7.50. The monoisotopic (exact) mass is 437 g/mol. The van der Waals surface area contributed by atoms with Crippen molar-refractivity contribution in [2.75, 3.05) is 13.2 Å². The predicted octanol–water partition coefficient (Wildman–Crippen LogP) is 3.95. The first kappa shape index (κ1) is 19.7. The molecule has 2 aromatic heterocycles. The van der Waals surface area contributed by atoms with Gasteiger partial charge < -0.3 is 14.6 Å². The summed E-state index contributed by atoms with van der Waals surface area (Å²) in [5.74, 6) is 0.382. The van der Waals surface area contributed by atoms with Crippen LogP contribution in [0, 0.1) is 6.92 Å². The molecule has 158 valence electrons. The Kier molecular flexibility index (Phi) is 5.17. The van der Waals surface area contributed by atoms with Gasteiger partial charge in [-0.05, 0) is 62.2 Å². The average Bonchev–Trinajstić information content (AvgIpc) is 3.52. The molecule has 0 spiro atoms. The van der Waals surface area contributed by atoms with Crippen LogP contribution in [0.4, 0.5) is 0 Å². The summed E-state index contributed by atoms with van der Waals surface area (Å²) in [5, 5.41) is 16.8. The molecule has 5 rings (SSSR count). The van der Waals surface area contributed by atoms with Gasteiger partial charge in [-0.3, -0.25) is 4.79 Å². The highest BCUT2D eigenvalue weighted by Crippen LogP contribution is 2.31. The van der Waals surface area contributed by atoms with Gasteiger partial charge in [-0.15, -0.1) is 5.10 Å². The van der Waals surface area contributed by atoms with Gasteiger partial charge in [-0.2, -0.15) is 0 Å². The van der Waals surface area contributed by atoms with Crippen LogP contribution in [-0.4, -0.2) is 45.3 Å². The summed E-state index contributed by atoms with van der Waals surface area (Å²) in [7, 11) is 0. The van der Waals surface area contributed by atoms with Gasteiger partial charge in [0.2, 0.25) is 0 Å². The molecule has 1 saturated heterocycles. The number of hydrogen-bond acceptors (Lipinski definition) is 6. The number of fused-ring (bicyclic) bond motifs is 1. The summed E-state index contributed by atoms with van der Waals surface area (Å²) in [4.78, 5) is 12.6. The standard InChI is InChI=1S/C22H20ClN5O3/c1-13-20(22(29)24-12-17-3-2-10-30-17)25-27-28(13)16-8-9-19-18(11-16)21(31-26-19)14-4-6-15(23)7-5-14/h4-9,11,17H,2-3,10,12H2,1H3,(H,24,29)/t17-/m0/s1. The van der Waals surface area contributed by atoms with E-state index in [1.54, 1.807) is 16.8 Å². The lowest BCUT2D eigenvalue weighted by molar-refractivity contribution is 0.0853. The molecule has 0 aliphatic carbocycles. The third-order valence-electron chi connectivity index (χ3n) is 5.43. The quantitative estimate of drug-likeness (QED) is 0.508. The molecule has 8 nitrogen and oxygen atoms in total. The van der Waals surface area contributed by atoms with Crippen LogP contribution in [0.1, 0.15) is 29.0 Å². The zero-order chi connectivity index (χ0) is 21.4. The van der Waals surface area contributed by atoms with Gasteiger partial charge in [-0.25, -0.2) is 4.68 Å². The molecule has 0 bridgehead atoms. The van der Waals surface area contributed by atoms with Crippen LogP contribution in [0.15, 0.2) is 47.0 Å². The second kappa shape index (κ2) is 8.13. The maximum atomic E-state index is 12.6. The van der Waals surface area contributed by atoms with E-state index in [0.29, 0.717) is 28.7 Å². The first-order valence-corrected chi connectivity index (χ1v) is 10.5. The fraction of sp³-hybridized carbons (Fsp3) is 0.273. The molecule has 4 aromatic rings. The molecule has 0 radical (unpaired) electrons. The minimum atomic E-state index is -0.257. The molecule has 1 fully saturated rings. The molecule has 1 atom stereocenters. The van der Waals surface area contributed by atoms with Gasteiger partial charge in [0.25, 0.3) is 5.91 Å². The largest absolute Gasteiger partial charge is 0.376 e. The molecule has 31 heavy (non-hydrogen) atoms. The third-order valence-corrected chi connectivity index (χ3v) is 5.69. The van der Waals surface area contributed by atoms with Crippen molar-refractivity contribution in [1.29, 1.82) is 0 Å². The van der Waals surface area contributed by atoms with E-state index in [-0.39, 0.29) is 12.0 Å². The van der Waals surface area contributed by atoms with Gasteiger partial charge >= 0.3 is 0 Å². The number of halogens is 1. The summed E-state index contributed by atoms with van der Waals surface area (Å²) in [6.07, 6.45) is 2.06. The number of benzene rings is 2. The Morgan fingerprint density at radius 2 is 2.10 bits per heavy atom. The summed E-state index contributed by atoms with van der Waals surface area (Å²) >= 11 is 6.00. The summed E-state index contributed by atoms with van der Waals surface area (Å²) in [6, 6.07) is 13.0. The van der Waals surface area contributed by atoms with Gasteiger partial charge in [-0.1, -0.05) is 22.0 Å². The van der Waals surface area contributed by atoms with Crippen LogP contribution in [0.5, 0.6) is 0 Å². The molecule has 9 heteroatoms. The number of rotatable bonds is 5. The van der Waals surface area contributed by atoms with Crippen molar-refractivity contribution in [1.82, 2.24) is 25.5 Å². The number of amides is 1. The molecule has 3 heterocycles. The number of carbonyl (C=O) groups excluding carboxylic acids is 1. The average molecular weight is 438 g/mol. The van der Waals surface area contributed by atoms with E-state index < -0.39 is 0 Å². The zero-order valence-electron chi connectivity index (χ0n) is 16.8. The van der Waals surface area contributed by atoms with E-state index in [4.69, 9.17) is 20.9 Å². The van der Waals surface area contributed by atoms with E-state index in [2.05, 4.69) is 20.8 Å². The lowest BCUT2D eigenvalue weighted by atomic mass is 10.1. The fourth-order valence-corrected chi connectivity index (χ4v) is 3.88. The molecule has 1 N–H and O–H groups in total. The lowest BCUT2D eigenvalue weighted by Gasteiger charge is -2.10. The first-order chi connectivity index (χ1) is 15.1. The third kappa shape index (κ3) is 3.80. The topological polar surface area (TPSA) is 95.1 Å². The Balaban J connectivity index is 1.43. The summed E-state index contributed by atoms with van der Waals surface area (Å²) in [6.45, 7) is 3.04. The van der Waals surface area contributed by atoms with Crippen molar-refractivity contribution in [2.24, 2.45) is 0 Å². The molecular formula is C22H20ClN5O3. The zero-order valence-corrected chi connectivity index (χ0v) is 17.6. The minimum absolute atomic E-state index is 0.0709. The Morgan fingerprint density at radius 1 is 1.26 bits per heavy atom. The molecule has 1 amide bonds. The highest BCUT2D eigenvalue weighted by atomic mass is 35.5. The van der Waals surface area contributed by atoms with Crippen LogP contribution in [0.2, 0.25) is 5.02 Å². The number of carbonyl (C=O) groups is 1. The van der Waals surface area contributed by atoms with E-state index in [9.17, 15) is 4.79 Å². The van der Waals surface area contributed by atoms with Gasteiger partial charge in [0.05, 0.1) is 22.9 Å². The summed E-state index contributed by atoms with van der Waals surface area (Å²) in [5.41, 5.74) is 3.29. The number of aromatic nitrogens is 4. The Labute approximate surface area is 183 Å². The number of ether oxygens (including phenoxy) is 1. The van der Waals surface area contributed by atoms with Crippen LogP contribution < -0.4 is 5.32 Å². The van der Waals surface area contributed by atoms with E-state index in [0.717, 1.165) is 41.6 Å². The highest BCUT2D eigenvalue weighted by molar-refractivity contribution is 6.30. The SMILES string of the molecule is Cc1c(C(=O)NC[C@@H]2CCCO2)nnn1-c1ccc2noc(-c3ccc(Cl)cc3)c2c1. The Hall–Kier alpha value is -3.23. The second-order valence-corrected chi connectivity index (χ2v) is 7.94. The summed E-state index contributed by atoms with van der Waals surface area (Å²) < 4.78 is 12.8. The van der Waals surface area contributed by atoms with Crippen LogP contribution in [0.25, 0.3) is 27.9 Å². The van der Waals surface area contributed by atoms with Crippen molar-refractivity contribution >= 4 is 28.4 Å². The minimum Gasteiger partial charge on any atom is -0.376 e. The van der Waals surface area contributed by atoms with Gasteiger partial charge in [0.15, 0.2) is 11.5 Å². The van der Waals surface area contributed by atoms with Crippen LogP contribution >= 0.6 is 11.6 Å².